The normalized spacial score (nSPS) is 29.6. The fourth-order valence-corrected chi connectivity index (χ4v) is 4.85. The lowest BCUT2D eigenvalue weighted by Crippen LogP contribution is -2.51. The molecule has 1 aromatic rings. The number of likely N-dealkylation sites (N-methyl/N-ethyl adjacent to an activating group) is 1. The molecule has 2 unspecified atom stereocenters. The minimum atomic E-state index is 0.710. The van der Waals surface area contributed by atoms with E-state index in [1.165, 1.54) is 58.0 Å². The highest BCUT2D eigenvalue weighted by molar-refractivity contribution is 7.09. The molecule has 3 rings (SSSR count). The first-order chi connectivity index (χ1) is 9.79. The molecule has 1 aliphatic heterocycles. The molecule has 1 N–H and O–H groups in total. The van der Waals surface area contributed by atoms with Gasteiger partial charge in [0.1, 0.15) is 0 Å². The van der Waals surface area contributed by atoms with Gasteiger partial charge in [-0.25, -0.2) is 0 Å². The average Bonchev–Trinajstić information content (AvgIpc) is 2.92. The summed E-state index contributed by atoms with van der Waals surface area (Å²) in [5.74, 6) is 0.827. The maximum Gasteiger partial charge on any atom is 0.0200 e. The zero-order valence-electron chi connectivity index (χ0n) is 12.7. The van der Waals surface area contributed by atoms with Crippen molar-refractivity contribution < 1.29 is 0 Å². The minimum Gasteiger partial charge on any atom is -0.310 e. The molecule has 2 heterocycles. The first kappa shape index (κ1) is 14.6. The van der Waals surface area contributed by atoms with Gasteiger partial charge in [-0.15, -0.1) is 11.3 Å². The van der Waals surface area contributed by atoms with E-state index < -0.39 is 0 Å². The van der Waals surface area contributed by atoms with Gasteiger partial charge < -0.3 is 10.2 Å². The van der Waals surface area contributed by atoms with Gasteiger partial charge in [-0.05, 0) is 50.1 Å². The largest absolute Gasteiger partial charge is 0.310 e. The van der Waals surface area contributed by atoms with Crippen LogP contribution in [-0.2, 0) is 6.42 Å². The lowest BCUT2D eigenvalue weighted by molar-refractivity contribution is 0.155. The topological polar surface area (TPSA) is 15.3 Å². The quantitative estimate of drug-likeness (QED) is 0.913. The van der Waals surface area contributed by atoms with Gasteiger partial charge in [0, 0.05) is 30.1 Å². The third kappa shape index (κ3) is 4.06. The Morgan fingerprint density at radius 2 is 2.05 bits per heavy atom. The van der Waals surface area contributed by atoms with Crippen molar-refractivity contribution in [2.45, 2.75) is 57.0 Å². The molecule has 1 saturated heterocycles. The number of rotatable bonds is 4. The van der Waals surface area contributed by atoms with E-state index in [0.717, 1.165) is 12.0 Å². The molecule has 3 heteroatoms. The summed E-state index contributed by atoms with van der Waals surface area (Å²) in [5, 5.41) is 6.17. The van der Waals surface area contributed by atoms with Crippen molar-refractivity contribution in [1.29, 1.82) is 0 Å². The van der Waals surface area contributed by atoms with Gasteiger partial charge in [0.2, 0.25) is 0 Å². The van der Waals surface area contributed by atoms with Crippen LogP contribution in [0.5, 0.6) is 0 Å². The minimum absolute atomic E-state index is 0.710. The number of thiophene rings is 1. The highest BCUT2D eigenvalue weighted by atomic mass is 32.1. The standard InChI is InChI=1S/C17H28N2S/c1-19-12-14(11-17-8-5-9-20-17)10-16(13-19)18-15-6-3-2-4-7-15/h5,8-9,14-16,18H,2-4,6-7,10-13H2,1H3. The molecule has 2 nitrogen and oxygen atoms in total. The lowest BCUT2D eigenvalue weighted by Gasteiger charge is -2.38. The van der Waals surface area contributed by atoms with Crippen LogP contribution in [0.4, 0.5) is 0 Å². The Bertz CT molecular complexity index is 384. The molecule has 0 bridgehead atoms. The molecular formula is C17H28N2S. The molecule has 0 spiro atoms. The second-order valence-corrected chi connectivity index (χ2v) is 7.84. The molecule has 0 radical (unpaired) electrons. The number of hydrogen-bond donors (Lipinski definition) is 1. The van der Waals surface area contributed by atoms with Crippen molar-refractivity contribution in [3.05, 3.63) is 22.4 Å². The highest BCUT2D eigenvalue weighted by Crippen LogP contribution is 2.24. The van der Waals surface area contributed by atoms with E-state index in [4.69, 9.17) is 0 Å². The molecule has 20 heavy (non-hydrogen) atoms. The van der Waals surface area contributed by atoms with E-state index in [2.05, 4.69) is 34.8 Å². The van der Waals surface area contributed by atoms with Crippen molar-refractivity contribution in [2.24, 2.45) is 5.92 Å². The first-order valence-electron chi connectivity index (χ1n) is 8.26. The summed E-state index contributed by atoms with van der Waals surface area (Å²) in [6.07, 6.45) is 9.73. The monoisotopic (exact) mass is 292 g/mol. The van der Waals surface area contributed by atoms with Crippen LogP contribution in [0.15, 0.2) is 17.5 Å². The van der Waals surface area contributed by atoms with Crippen LogP contribution in [0.1, 0.15) is 43.4 Å². The fourth-order valence-electron chi connectivity index (χ4n) is 4.03. The second kappa shape index (κ2) is 7.06. The van der Waals surface area contributed by atoms with Gasteiger partial charge in [-0.3, -0.25) is 0 Å². The van der Waals surface area contributed by atoms with Gasteiger partial charge in [0.15, 0.2) is 0 Å². The summed E-state index contributed by atoms with van der Waals surface area (Å²) < 4.78 is 0. The maximum absolute atomic E-state index is 3.96. The molecule has 0 aromatic carbocycles. The Hall–Kier alpha value is -0.380. The Morgan fingerprint density at radius 3 is 2.80 bits per heavy atom. The summed E-state index contributed by atoms with van der Waals surface area (Å²) in [6.45, 7) is 2.50. The third-order valence-corrected chi connectivity index (χ3v) is 5.77. The van der Waals surface area contributed by atoms with Crippen molar-refractivity contribution >= 4 is 11.3 Å². The molecular weight excluding hydrogens is 264 g/mol. The van der Waals surface area contributed by atoms with Crippen LogP contribution < -0.4 is 5.32 Å². The van der Waals surface area contributed by atoms with Crippen LogP contribution in [0, 0.1) is 5.92 Å². The number of nitrogens with zero attached hydrogens (tertiary/aromatic N) is 1. The molecule has 2 aliphatic rings. The van der Waals surface area contributed by atoms with Crippen molar-refractivity contribution in [2.75, 3.05) is 20.1 Å². The van der Waals surface area contributed by atoms with E-state index in [0.29, 0.717) is 6.04 Å². The predicted octanol–water partition coefficient (Wildman–Crippen LogP) is 3.53. The number of piperidine rings is 1. The van der Waals surface area contributed by atoms with E-state index in [-0.39, 0.29) is 0 Å². The van der Waals surface area contributed by atoms with Gasteiger partial charge >= 0.3 is 0 Å². The Balaban J connectivity index is 1.52. The summed E-state index contributed by atoms with van der Waals surface area (Å²) in [4.78, 5) is 4.09. The average molecular weight is 292 g/mol. The number of hydrogen-bond acceptors (Lipinski definition) is 3. The van der Waals surface area contributed by atoms with Crippen LogP contribution >= 0.6 is 11.3 Å². The van der Waals surface area contributed by atoms with Crippen molar-refractivity contribution in [3.63, 3.8) is 0 Å². The zero-order valence-corrected chi connectivity index (χ0v) is 13.5. The molecule has 1 aromatic heterocycles. The first-order valence-corrected chi connectivity index (χ1v) is 9.14. The molecule has 1 saturated carbocycles. The maximum atomic E-state index is 3.96. The fraction of sp³-hybridized carbons (Fsp3) is 0.765. The summed E-state index contributed by atoms with van der Waals surface area (Å²) in [5.41, 5.74) is 0. The van der Waals surface area contributed by atoms with Crippen LogP contribution in [-0.4, -0.2) is 37.1 Å². The second-order valence-electron chi connectivity index (χ2n) is 6.80. The van der Waals surface area contributed by atoms with Crippen LogP contribution in [0.2, 0.25) is 0 Å². The molecule has 2 atom stereocenters. The van der Waals surface area contributed by atoms with E-state index >= 15 is 0 Å². The Labute approximate surface area is 127 Å². The Morgan fingerprint density at radius 1 is 1.20 bits per heavy atom. The lowest BCUT2D eigenvalue weighted by atomic mass is 9.89. The number of nitrogens with one attached hydrogen (secondary N) is 1. The van der Waals surface area contributed by atoms with Crippen molar-refractivity contribution in [3.8, 4) is 0 Å². The number of likely N-dealkylation sites (tertiary alicyclic amines) is 1. The van der Waals surface area contributed by atoms with Gasteiger partial charge in [-0.2, -0.15) is 0 Å². The summed E-state index contributed by atoms with van der Waals surface area (Å²) in [6, 6.07) is 5.98. The smallest absolute Gasteiger partial charge is 0.0200 e. The summed E-state index contributed by atoms with van der Waals surface area (Å²) >= 11 is 1.92. The third-order valence-electron chi connectivity index (χ3n) is 4.87. The zero-order chi connectivity index (χ0) is 13.8. The SMILES string of the molecule is CN1CC(Cc2cccs2)CC(NC2CCCCC2)C1. The molecule has 1 aliphatic carbocycles. The predicted molar refractivity (Wildman–Crippen MR) is 87.4 cm³/mol. The van der Waals surface area contributed by atoms with Gasteiger partial charge in [0.25, 0.3) is 0 Å². The van der Waals surface area contributed by atoms with Crippen LogP contribution in [0.3, 0.4) is 0 Å². The van der Waals surface area contributed by atoms with E-state index in [1.54, 1.807) is 4.88 Å². The van der Waals surface area contributed by atoms with Crippen molar-refractivity contribution in [1.82, 2.24) is 10.2 Å². The van der Waals surface area contributed by atoms with Gasteiger partial charge in [-0.1, -0.05) is 25.3 Å². The molecule has 2 fully saturated rings. The highest BCUT2D eigenvalue weighted by Gasteiger charge is 2.27. The van der Waals surface area contributed by atoms with Crippen LogP contribution in [0.25, 0.3) is 0 Å². The molecule has 0 amide bonds. The molecule has 112 valence electrons. The summed E-state index contributed by atoms with van der Waals surface area (Å²) in [7, 11) is 2.29. The van der Waals surface area contributed by atoms with Gasteiger partial charge in [0.05, 0.1) is 0 Å². The van der Waals surface area contributed by atoms with E-state index in [1.807, 2.05) is 11.3 Å². The van der Waals surface area contributed by atoms with E-state index in [9.17, 15) is 0 Å². The Kier molecular flexibility index (Phi) is 5.14.